The molecule has 0 bridgehead atoms. The largest absolute Gasteiger partial charge is 0.496 e. The number of alkyl halides is 1. The molecule has 30 nitrogen and oxygen atoms in total. The fourth-order valence-corrected chi connectivity index (χ4v) is 12.7. The molecule has 3 amide bonds. The van der Waals surface area contributed by atoms with Crippen LogP contribution in [0.3, 0.4) is 0 Å². The minimum Gasteiger partial charge on any atom is -0.496 e. The van der Waals surface area contributed by atoms with Crippen molar-refractivity contribution in [3.8, 4) is 103 Å². The number of carbonyl (C=O) groups is 3. The fourth-order valence-electron chi connectivity index (χ4n) is 11.8. The lowest BCUT2D eigenvalue weighted by atomic mass is 10.1. The summed E-state index contributed by atoms with van der Waals surface area (Å²) < 4.78 is 33.6. The zero-order valence-electron chi connectivity index (χ0n) is 66.9. The maximum Gasteiger partial charge on any atom is 0.262 e. The molecule has 118 heavy (non-hydrogen) atoms. The Morgan fingerprint density at radius 1 is 0.441 bits per heavy atom. The summed E-state index contributed by atoms with van der Waals surface area (Å²) in [5.41, 5.74) is 11.7. The number of methoxy groups -OCH3 is 3. The standard InChI is InChI=1S/C29H32ClN5O5.C26H24BrClN4O5.C26H25ClN4O6.C3H9N/c1-16(2)31-10-11-40-23-9-8-21(32-26(23)19-7-6-18(14-20(19)30)29(38)35(3)4)27-33-22-12-17(15-36)13-24(39-5)25(22)28(37)34-27;1-32(2)26(35)15-4-5-16(17(28)12-15)23-20(37-9-8-27)7-6-18(29-23)24-30-19-10-14(13-33)11-21(36-3)22(19)25(34)31-24;1-31(2)26(35)15-4-5-16(17(27)12-15)23-20(37-9-8-32)7-6-18(28-23)24-29-19-10-14(13-33)11-21(36-3)22(19)25(34)30-24;1-3(2)4/h6-9,12-14,16,31,36H,10-11,15H2,1-5H3,(H,33,34,37);4-7,10-12,33H,8-9,13H2,1-3H3,(H,30,31,34);4-7,10-12,32-33H,8-9,13H2,1-3H3,(H,29,30,34);3H,4H2,1-2H3. The number of nitrogens with one attached hydrogen (secondary N) is 4. The van der Waals surface area contributed by atoms with Gasteiger partial charge < -0.3 is 89.5 Å². The van der Waals surface area contributed by atoms with E-state index in [0.717, 1.165) is 0 Å². The fraction of sp³-hybridized carbons (Fsp3) is 0.286. The molecule has 34 heteroatoms. The predicted molar refractivity (Wildman–Crippen MR) is 459 cm³/mol. The Morgan fingerprint density at radius 2 is 0.737 bits per heavy atom. The number of halogens is 4. The van der Waals surface area contributed by atoms with Crippen LogP contribution in [0.5, 0.6) is 34.5 Å². The molecular weight excluding hydrogens is 1650 g/mol. The number of aromatic amines is 3. The van der Waals surface area contributed by atoms with Gasteiger partial charge in [-0.1, -0.05) is 96.6 Å². The molecule has 10 N–H and O–H groups in total. The van der Waals surface area contributed by atoms with Crippen LogP contribution in [0.25, 0.3) is 101 Å². The van der Waals surface area contributed by atoms with Crippen LogP contribution in [0.2, 0.25) is 15.1 Å². The van der Waals surface area contributed by atoms with E-state index in [0.29, 0.717) is 182 Å². The van der Waals surface area contributed by atoms with E-state index < -0.39 is 16.7 Å². The van der Waals surface area contributed by atoms with Gasteiger partial charge in [0.1, 0.15) is 98.0 Å². The van der Waals surface area contributed by atoms with Gasteiger partial charge in [0, 0.05) is 93.6 Å². The molecule has 620 valence electrons. The van der Waals surface area contributed by atoms with Crippen molar-refractivity contribution < 1.29 is 63.2 Å². The summed E-state index contributed by atoms with van der Waals surface area (Å²) in [4.78, 5) is 117. The van der Waals surface area contributed by atoms with Gasteiger partial charge >= 0.3 is 0 Å². The summed E-state index contributed by atoms with van der Waals surface area (Å²) in [5, 5.41) is 43.7. The number of nitrogens with two attached hydrogens (primary N) is 1. The summed E-state index contributed by atoms with van der Waals surface area (Å²) in [6.07, 6.45) is 0. The van der Waals surface area contributed by atoms with Crippen molar-refractivity contribution in [3.63, 3.8) is 0 Å². The molecule has 0 saturated heterocycles. The highest BCUT2D eigenvalue weighted by atomic mass is 79.9. The number of aliphatic hydroxyl groups is 4. The number of H-pyrrole nitrogens is 3. The third kappa shape index (κ3) is 22.0. The van der Waals surface area contributed by atoms with Crippen molar-refractivity contribution in [2.75, 3.05) is 102 Å². The number of carbonyl (C=O) groups excluding carboxylic acids is 3. The zero-order valence-corrected chi connectivity index (χ0v) is 70.8. The van der Waals surface area contributed by atoms with Crippen LogP contribution in [0.4, 0.5) is 0 Å². The number of ether oxygens (including phenoxy) is 6. The number of amides is 3. The van der Waals surface area contributed by atoms with Crippen molar-refractivity contribution in [3.05, 3.63) is 207 Å². The van der Waals surface area contributed by atoms with E-state index >= 15 is 0 Å². The van der Waals surface area contributed by atoms with Gasteiger partial charge in [-0.2, -0.15) is 0 Å². The molecule has 0 fully saturated rings. The van der Waals surface area contributed by atoms with Crippen LogP contribution in [0, 0.1) is 0 Å². The number of rotatable bonds is 26. The van der Waals surface area contributed by atoms with Crippen molar-refractivity contribution >= 4 is 101 Å². The minimum absolute atomic E-state index is 0.0254. The van der Waals surface area contributed by atoms with Gasteiger partial charge in [0.25, 0.3) is 34.4 Å². The van der Waals surface area contributed by atoms with Gasteiger partial charge in [0.2, 0.25) is 0 Å². The van der Waals surface area contributed by atoms with Crippen LogP contribution in [-0.4, -0.2) is 212 Å². The van der Waals surface area contributed by atoms with Gasteiger partial charge in [0.05, 0.1) is 86.0 Å². The van der Waals surface area contributed by atoms with Gasteiger partial charge in [-0.05, 0) is 132 Å². The Balaban J connectivity index is 0.000000197. The first-order valence-electron chi connectivity index (χ1n) is 36.7. The molecule has 12 aromatic rings. The van der Waals surface area contributed by atoms with E-state index in [1.165, 1.54) is 36.0 Å². The minimum atomic E-state index is -0.435. The second-order valence-corrected chi connectivity index (χ2v) is 29.4. The summed E-state index contributed by atoms with van der Waals surface area (Å²) in [5.74, 6) is 2.28. The van der Waals surface area contributed by atoms with E-state index in [-0.39, 0.29) is 89.4 Å². The molecule has 0 unspecified atom stereocenters. The lowest BCUT2D eigenvalue weighted by Crippen LogP contribution is -2.27. The van der Waals surface area contributed by atoms with Gasteiger partial charge in [0.15, 0.2) is 17.5 Å². The highest BCUT2D eigenvalue weighted by molar-refractivity contribution is 9.09. The number of hydrogen-bond donors (Lipinski definition) is 9. The van der Waals surface area contributed by atoms with Crippen LogP contribution >= 0.6 is 50.7 Å². The van der Waals surface area contributed by atoms with Crippen LogP contribution in [-0.2, 0) is 19.8 Å². The maximum atomic E-state index is 13.1. The number of fused-ring (bicyclic) bond motifs is 3. The molecule has 12 rings (SSSR count). The second-order valence-electron chi connectivity index (χ2n) is 27.4. The molecule has 0 radical (unpaired) electrons. The first-order chi connectivity index (χ1) is 56.4. The maximum absolute atomic E-state index is 13.1. The van der Waals surface area contributed by atoms with Crippen molar-refractivity contribution in [2.45, 2.75) is 59.6 Å². The van der Waals surface area contributed by atoms with Crippen LogP contribution in [0.15, 0.2) is 142 Å². The number of pyridine rings is 3. The van der Waals surface area contributed by atoms with E-state index in [4.69, 9.17) is 78.9 Å². The molecule has 0 aliphatic heterocycles. The Kier molecular flexibility index (Phi) is 31.9. The summed E-state index contributed by atoms with van der Waals surface area (Å²) in [6.45, 7) is 8.48. The molecule has 0 saturated carbocycles. The monoisotopic (exact) mass is 1730 g/mol. The normalized spacial score (nSPS) is 11.0. The molecule has 0 spiro atoms. The van der Waals surface area contributed by atoms with Gasteiger partial charge in [-0.15, -0.1) is 0 Å². The molecule has 0 aliphatic carbocycles. The predicted octanol–water partition coefficient (Wildman–Crippen LogP) is 11.4. The Morgan fingerprint density at radius 3 is 0.992 bits per heavy atom. The van der Waals surface area contributed by atoms with Crippen molar-refractivity contribution in [1.29, 1.82) is 0 Å². The zero-order chi connectivity index (χ0) is 85.9. The topological polar surface area (TPSA) is 411 Å². The number of aliphatic hydroxyl groups excluding tert-OH is 4. The second kappa shape index (κ2) is 41.6. The third-order valence-electron chi connectivity index (χ3n) is 17.2. The highest BCUT2D eigenvalue weighted by Crippen LogP contribution is 2.40. The Hall–Kier alpha value is -11.5. The number of hydrogen-bond acceptors (Lipinski definition) is 24. The average Bonchev–Trinajstić information content (AvgIpc) is 0.776. The number of benzene rings is 6. The van der Waals surface area contributed by atoms with Crippen molar-refractivity contribution in [1.82, 2.24) is 64.9 Å². The lowest BCUT2D eigenvalue weighted by molar-refractivity contribution is 0.0820. The summed E-state index contributed by atoms with van der Waals surface area (Å²) in [6, 6.07) is 35.2. The van der Waals surface area contributed by atoms with Gasteiger partial charge in [-0.3, -0.25) is 28.8 Å². The van der Waals surface area contributed by atoms with E-state index in [1.54, 1.807) is 170 Å². The van der Waals surface area contributed by atoms with Gasteiger partial charge in [-0.25, -0.2) is 29.9 Å². The first-order valence-corrected chi connectivity index (χ1v) is 38.9. The molecule has 6 aromatic carbocycles. The molecule has 0 aliphatic rings. The van der Waals surface area contributed by atoms with E-state index in [9.17, 15) is 49.2 Å². The highest BCUT2D eigenvalue weighted by Gasteiger charge is 2.25. The quantitative estimate of drug-likeness (QED) is 0.0180. The summed E-state index contributed by atoms with van der Waals surface area (Å²) >= 11 is 23.2. The lowest BCUT2D eigenvalue weighted by Gasteiger charge is -2.16. The molecule has 0 atom stereocenters. The first kappa shape index (κ1) is 90.4. The van der Waals surface area contributed by atoms with Crippen LogP contribution < -0.4 is 56.1 Å². The number of nitrogens with zero attached hydrogens (tertiary/aromatic N) is 9. The molecular formula is C84H90BrCl3N14O16. The average molecular weight is 1740 g/mol. The SMILES string of the molecule is CC(C)N.COc1cc(CO)cc2nc(-c3ccc(OCCBr)c(-c4ccc(C(=O)N(C)C)cc4Cl)n3)[nH]c(=O)c12.COc1cc(CO)cc2nc(-c3ccc(OCCNC(C)C)c(-c4ccc(C(=O)N(C)C)cc4Cl)n3)[nH]c(=O)c12.COc1cc(CO)cc2nc(-c3ccc(OCCO)c(-c4ccc(C(=O)N(C)C)cc4Cl)n3)[nH]c(=O)c12. The van der Waals surface area contributed by atoms with Crippen molar-refractivity contribution in [2.24, 2.45) is 5.73 Å². The third-order valence-corrected chi connectivity index (χ3v) is 18.5. The smallest absolute Gasteiger partial charge is 0.262 e. The van der Waals surface area contributed by atoms with E-state index in [1.807, 2.05) is 13.8 Å². The van der Waals surface area contributed by atoms with E-state index in [2.05, 4.69) is 70.0 Å². The Labute approximate surface area is 702 Å². The Bertz CT molecular complexity index is 5620. The molecule has 6 heterocycles. The summed E-state index contributed by atoms with van der Waals surface area (Å²) in [7, 11) is 14.3. The number of aromatic nitrogens is 9. The van der Waals surface area contributed by atoms with Crippen LogP contribution in [0.1, 0.15) is 75.5 Å². The molecule has 6 aromatic heterocycles.